The molecule has 0 saturated heterocycles. The standard InChI is InChI=1S/C18H14FNO/c19-15-6-3-7-16-17(15)14(10-20-16)18(21)13-8-11-4-1-2-5-12(11)9-13/h1-7,10,13,20H,8-9H2. The van der Waals surface area contributed by atoms with E-state index in [1.54, 1.807) is 18.3 Å². The summed E-state index contributed by atoms with van der Waals surface area (Å²) in [6.07, 6.45) is 3.13. The number of rotatable bonds is 2. The van der Waals surface area contributed by atoms with Crippen LogP contribution in [0.5, 0.6) is 0 Å². The van der Waals surface area contributed by atoms with Gasteiger partial charge in [-0.3, -0.25) is 4.79 Å². The molecule has 1 N–H and O–H groups in total. The Morgan fingerprint density at radius 1 is 1.05 bits per heavy atom. The minimum absolute atomic E-state index is 0.0301. The molecule has 1 aliphatic carbocycles. The highest BCUT2D eigenvalue weighted by molar-refractivity contribution is 6.09. The fraction of sp³-hybridized carbons (Fsp3) is 0.167. The lowest BCUT2D eigenvalue weighted by atomic mass is 9.94. The second-order valence-corrected chi connectivity index (χ2v) is 5.60. The zero-order chi connectivity index (χ0) is 14.4. The van der Waals surface area contributed by atoms with Gasteiger partial charge in [-0.15, -0.1) is 0 Å². The van der Waals surface area contributed by atoms with Crippen molar-refractivity contribution in [3.63, 3.8) is 0 Å². The van der Waals surface area contributed by atoms with Crippen LogP contribution >= 0.6 is 0 Å². The number of carbonyl (C=O) groups is 1. The number of hydrogen-bond acceptors (Lipinski definition) is 1. The van der Waals surface area contributed by atoms with Crippen LogP contribution in [0.4, 0.5) is 4.39 Å². The van der Waals surface area contributed by atoms with Crippen LogP contribution in [0.25, 0.3) is 10.9 Å². The fourth-order valence-corrected chi connectivity index (χ4v) is 3.30. The van der Waals surface area contributed by atoms with Crippen LogP contribution in [-0.4, -0.2) is 10.8 Å². The molecule has 3 heteroatoms. The molecule has 0 radical (unpaired) electrons. The van der Waals surface area contributed by atoms with E-state index in [0.717, 1.165) is 12.8 Å². The molecule has 0 saturated carbocycles. The summed E-state index contributed by atoms with van der Waals surface area (Å²) < 4.78 is 14.0. The lowest BCUT2D eigenvalue weighted by Crippen LogP contribution is -2.14. The molecule has 2 aromatic carbocycles. The van der Waals surface area contributed by atoms with Crippen LogP contribution in [0.2, 0.25) is 0 Å². The van der Waals surface area contributed by atoms with Crippen LogP contribution < -0.4 is 0 Å². The van der Waals surface area contributed by atoms with Gasteiger partial charge in [-0.2, -0.15) is 0 Å². The number of halogens is 1. The highest BCUT2D eigenvalue weighted by Gasteiger charge is 2.29. The quantitative estimate of drug-likeness (QED) is 0.709. The fourth-order valence-electron chi connectivity index (χ4n) is 3.30. The molecule has 21 heavy (non-hydrogen) atoms. The van der Waals surface area contributed by atoms with E-state index in [9.17, 15) is 9.18 Å². The molecule has 0 atom stereocenters. The topological polar surface area (TPSA) is 32.9 Å². The summed E-state index contributed by atoms with van der Waals surface area (Å²) in [6, 6.07) is 13.0. The average molecular weight is 279 g/mol. The first-order valence-electron chi connectivity index (χ1n) is 7.10. The molecule has 0 unspecified atom stereocenters. The Hall–Kier alpha value is -2.42. The van der Waals surface area contributed by atoms with Gasteiger partial charge in [0.15, 0.2) is 5.78 Å². The van der Waals surface area contributed by atoms with Crippen LogP contribution in [0.3, 0.4) is 0 Å². The van der Waals surface area contributed by atoms with Crippen LogP contribution in [0.1, 0.15) is 21.5 Å². The Bertz CT molecular complexity index is 824. The van der Waals surface area contributed by atoms with Gasteiger partial charge in [-0.05, 0) is 36.1 Å². The van der Waals surface area contributed by atoms with Gasteiger partial charge in [-0.25, -0.2) is 4.39 Å². The summed E-state index contributed by atoms with van der Waals surface area (Å²) in [5.41, 5.74) is 3.61. The third-order valence-corrected chi connectivity index (χ3v) is 4.34. The highest BCUT2D eigenvalue weighted by atomic mass is 19.1. The molecule has 0 amide bonds. The van der Waals surface area contributed by atoms with E-state index in [1.807, 2.05) is 12.1 Å². The zero-order valence-corrected chi connectivity index (χ0v) is 11.4. The minimum atomic E-state index is -0.340. The van der Waals surface area contributed by atoms with E-state index in [2.05, 4.69) is 17.1 Å². The van der Waals surface area contributed by atoms with Crippen LogP contribution in [0, 0.1) is 11.7 Å². The Balaban J connectivity index is 1.73. The number of benzene rings is 2. The van der Waals surface area contributed by atoms with Gasteiger partial charge < -0.3 is 4.98 Å². The Kier molecular flexibility index (Phi) is 2.67. The number of Topliss-reactive ketones (excluding diaryl/α,β-unsaturated/α-hetero) is 1. The van der Waals surface area contributed by atoms with Crippen molar-refractivity contribution in [2.75, 3.05) is 0 Å². The summed E-state index contributed by atoms with van der Waals surface area (Å²) in [4.78, 5) is 15.7. The lowest BCUT2D eigenvalue weighted by molar-refractivity contribution is 0.0926. The Morgan fingerprint density at radius 3 is 2.48 bits per heavy atom. The van der Waals surface area contributed by atoms with Crippen molar-refractivity contribution < 1.29 is 9.18 Å². The van der Waals surface area contributed by atoms with Gasteiger partial charge in [0.1, 0.15) is 5.82 Å². The maximum Gasteiger partial charge on any atom is 0.168 e. The second-order valence-electron chi connectivity index (χ2n) is 5.60. The van der Waals surface area contributed by atoms with E-state index in [1.165, 1.54) is 17.2 Å². The molecule has 0 spiro atoms. The van der Waals surface area contributed by atoms with Gasteiger partial charge in [-0.1, -0.05) is 30.3 Å². The summed E-state index contributed by atoms with van der Waals surface area (Å²) in [6.45, 7) is 0. The predicted molar refractivity (Wildman–Crippen MR) is 79.9 cm³/mol. The molecule has 1 aromatic heterocycles. The van der Waals surface area contributed by atoms with Crippen LogP contribution in [0.15, 0.2) is 48.7 Å². The van der Waals surface area contributed by atoms with Crippen molar-refractivity contribution in [1.29, 1.82) is 0 Å². The van der Waals surface area contributed by atoms with E-state index < -0.39 is 0 Å². The highest BCUT2D eigenvalue weighted by Crippen LogP contribution is 2.31. The Morgan fingerprint density at radius 2 is 1.76 bits per heavy atom. The average Bonchev–Trinajstić information content (AvgIpc) is 3.11. The molecule has 2 nitrogen and oxygen atoms in total. The molecule has 1 aliphatic rings. The second kappa shape index (κ2) is 4.55. The van der Waals surface area contributed by atoms with E-state index >= 15 is 0 Å². The SMILES string of the molecule is O=C(c1c[nH]c2cccc(F)c12)C1Cc2ccccc2C1. The molecule has 1 heterocycles. The van der Waals surface area contributed by atoms with Crippen molar-refractivity contribution in [3.05, 3.63) is 71.2 Å². The first kappa shape index (κ1) is 12.3. The molecular weight excluding hydrogens is 265 g/mol. The molecule has 4 rings (SSSR count). The zero-order valence-electron chi connectivity index (χ0n) is 11.4. The number of nitrogens with one attached hydrogen (secondary N) is 1. The van der Waals surface area contributed by atoms with Gasteiger partial charge in [0.05, 0.1) is 0 Å². The van der Waals surface area contributed by atoms with Crippen molar-refractivity contribution in [3.8, 4) is 0 Å². The number of fused-ring (bicyclic) bond motifs is 2. The van der Waals surface area contributed by atoms with Crippen molar-refractivity contribution in [1.82, 2.24) is 4.98 Å². The van der Waals surface area contributed by atoms with E-state index in [4.69, 9.17) is 0 Å². The number of aromatic amines is 1. The predicted octanol–water partition coefficient (Wildman–Crippen LogP) is 3.90. The first-order chi connectivity index (χ1) is 10.2. The molecule has 104 valence electrons. The first-order valence-corrected chi connectivity index (χ1v) is 7.10. The molecule has 3 aromatic rings. The van der Waals surface area contributed by atoms with Gasteiger partial charge in [0.2, 0.25) is 0 Å². The largest absolute Gasteiger partial charge is 0.360 e. The molecule has 0 aliphatic heterocycles. The summed E-state index contributed by atoms with van der Waals surface area (Å²) in [5, 5.41) is 0.415. The van der Waals surface area contributed by atoms with Crippen molar-refractivity contribution in [2.24, 2.45) is 5.92 Å². The van der Waals surface area contributed by atoms with Gasteiger partial charge in [0.25, 0.3) is 0 Å². The monoisotopic (exact) mass is 279 g/mol. The van der Waals surface area contributed by atoms with E-state index in [-0.39, 0.29) is 17.5 Å². The third kappa shape index (κ3) is 1.88. The Labute approximate surface area is 121 Å². The van der Waals surface area contributed by atoms with Gasteiger partial charge in [0, 0.05) is 28.6 Å². The summed E-state index contributed by atoms with van der Waals surface area (Å²) in [7, 11) is 0. The lowest BCUT2D eigenvalue weighted by Gasteiger charge is -2.07. The van der Waals surface area contributed by atoms with E-state index in [0.29, 0.717) is 16.5 Å². The maximum atomic E-state index is 14.0. The number of hydrogen-bond donors (Lipinski definition) is 1. The van der Waals surface area contributed by atoms with Gasteiger partial charge >= 0.3 is 0 Å². The number of H-pyrrole nitrogens is 1. The maximum absolute atomic E-state index is 14.0. The van der Waals surface area contributed by atoms with Crippen molar-refractivity contribution >= 4 is 16.7 Å². The summed E-state index contributed by atoms with van der Waals surface area (Å²) >= 11 is 0. The van der Waals surface area contributed by atoms with Crippen molar-refractivity contribution in [2.45, 2.75) is 12.8 Å². The number of aromatic nitrogens is 1. The minimum Gasteiger partial charge on any atom is -0.360 e. The smallest absolute Gasteiger partial charge is 0.168 e. The molecule has 0 bridgehead atoms. The number of carbonyl (C=O) groups excluding carboxylic acids is 1. The van der Waals surface area contributed by atoms with Crippen LogP contribution in [-0.2, 0) is 12.8 Å². The molecule has 0 fully saturated rings. The normalized spacial score (nSPS) is 14.5. The third-order valence-electron chi connectivity index (χ3n) is 4.34. The molecular formula is C18H14FNO. The number of ketones is 1. The summed E-state index contributed by atoms with van der Waals surface area (Å²) in [5.74, 6) is -0.392.